The number of hydrogen-bond donors (Lipinski definition) is 2. The van der Waals surface area contributed by atoms with Crippen LogP contribution in [-0.2, 0) is 0 Å². The molecule has 1 heterocycles. The molecule has 0 radical (unpaired) electrons. The predicted octanol–water partition coefficient (Wildman–Crippen LogP) is 5.52. The molecule has 126 valence electrons. The molecule has 2 aromatic carbocycles. The molecule has 25 heavy (non-hydrogen) atoms. The minimum atomic E-state index is -0.405. The molecule has 0 bridgehead atoms. The lowest BCUT2D eigenvalue weighted by atomic mass is 10.2. The first kappa shape index (κ1) is 17.2. The number of hydrogen-bond acceptors (Lipinski definition) is 3. The zero-order valence-corrected chi connectivity index (χ0v) is 14.3. The van der Waals surface area contributed by atoms with Gasteiger partial charge in [-0.3, -0.25) is 4.79 Å². The summed E-state index contributed by atoms with van der Waals surface area (Å²) in [5.74, 6) is -0.715. The van der Waals surface area contributed by atoms with Gasteiger partial charge < -0.3 is 10.6 Å². The maximum absolute atomic E-state index is 12.9. The lowest BCUT2D eigenvalue weighted by molar-refractivity contribution is 0.102. The van der Waals surface area contributed by atoms with Crippen LogP contribution >= 0.6 is 23.2 Å². The van der Waals surface area contributed by atoms with E-state index in [1.165, 1.54) is 18.3 Å². The van der Waals surface area contributed by atoms with Gasteiger partial charge in [-0.1, -0.05) is 23.2 Å². The molecule has 2 N–H and O–H groups in total. The molecule has 0 fully saturated rings. The maximum Gasteiger partial charge on any atom is 0.274 e. The van der Waals surface area contributed by atoms with Gasteiger partial charge in [0.2, 0.25) is 0 Å². The first-order chi connectivity index (χ1) is 12.0. The van der Waals surface area contributed by atoms with Gasteiger partial charge in [0.25, 0.3) is 5.91 Å². The van der Waals surface area contributed by atoms with Crippen LogP contribution in [0, 0.1) is 5.82 Å². The van der Waals surface area contributed by atoms with Gasteiger partial charge in [-0.05, 0) is 54.6 Å². The normalized spacial score (nSPS) is 10.4. The van der Waals surface area contributed by atoms with Crippen LogP contribution in [0.5, 0.6) is 0 Å². The van der Waals surface area contributed by atoms with Crippen molar-refractivity contribution in [3.63, 3.8) is 0 Å². The Balaban J connectivity index is 1.70. The van der Waals surface area contributed by atoms with Gasteiger partial charge in [0, 0.05) is 10.7 Å². The van der Waals surface area contributed by atoms with Crippen molar-refractivity contribution in [3.05, 3.63) is 82.4 Å². The molecule has 3 aromatic rings. The van der Waals surface area contributed by atoms with Crippen molar-refractivity contribution in [3.8, 4) is 0 Å². The summed E-state index contributed by atoms with van der Waals surface area (Å²) in [7, 11) is 0. The van der Waals surface area contributed by atoms with Crippen LogP contribution in [0.2, 0.25) is 10.0 Å². The summed E-state index contributed by atoms with van der Waals surface area (Å²) < 4.78 is 12.9. The van der Waals surface area contributed by atoms with Crippen molar-refractivity contribution in [1.82, 2.24) is 4.98 Å². The second-order valence-electron chi connectivity index (χ2n) is 5.14. The third-order valence-corrected chi connectivity index (χ3v) is 3.87. The van der Waals surface area contributed by atoms with E-state index >= 15 is 0 Å². The number of carbonyl (C=O) groups is 1. The fourth-order valence-electron chi connectivity index (χ4n) is 2.08. The fourth-order valence-corrected chi connectivity index (χ4v) is 2.42. The molecule has 0 aliphatic carbocycles. The third-order valence-electron chi connectivity index (χ3n) is 3.31. The smallest absolute Gasteiger partial charge is 0.274 e. The van der Waals surface area contributed by atoms with Gasteiger partial charge in [-0.25, -0.2) is 9.37 Å². The number of rotatable bonds is 4. The molecule has 1 aromatic heterocycles. The van der Waals surface area contributed by atoms with E-state index in [0.717, 1.165) is 0 Å². The molecule has 1 amide bonds. The molecule has 0 aliphatic heterocycles. The van der Waals surface area contributed by atoms with E-state index in [9.17, 15) is 9.18 Å². The monoisotopic (exact) mass is 375 g/mol. The van der Waals surface area contributed by atoms with E-state index in [-0.39, 0.29) is 11.5 Å². The third kappa shape index (κ3) is 4.47. The van der Waals surface area contributed by atoms with Crippen LogP contribution in [0.3, 0.4) is 0 Å². The molecular formula is C18H12Cl2FN3O. The topological polar surface area (TPSA) is 54.0 Å². The van der Waals surface area contributed by atoms with Gasteiger partial charge in [0.15, 0.2) is 0 Å². The van der Waals surface area contributed by atoms with Gasteiger partial charge in [0.05, 0.1) is 22.6 Å². The molecule has 0 atom stereocenters. The number of benzene rings is 2. The summed E-state index contributed by atoms with van der Waals surface area (Å²) in [6, 6.07) is 14.0. The van der Waals surface area contributed by atoms with Crippen molar-refractivity contribution in [1.29, 1.82) is 0 Å². The Morgan fingerprint density at radius 2 is 1.68 bits per heavy atom. The summed E-state index contributed by atoms with van der Waals surface area (Å²) in [4.78, 5) is 16.4. The fraction of sp³-hybridized carbons (Fsp3) is 0. The first-order valence-electron chi connectivity index (χ1n) is 7.26. The Kier molecular flexibility index (Phi) is 5.16. The number of nitrogens with one attached hydrogen (secondary N) is 2. The number of pyridine rings is 1. The molecule has 0 unspecified atom stereocenters. The van der Waals surface area contributed by atoms with E-state index in [1.807, 2.05) is 0 Å². The van der Waals surface area contributed by atoms with Gasteiger partial charge in [0.1, 0.15) is 11.5 Å². The summed E-state index contributed by atoms with van der Waals surface area (Å²) >= 11 is 11.9. The highest BCUT2D eigenvalue weighted by atomic mass is 35.5. The van der Waals surface area contributed by atoms with Crippen LogP contribution in [0.25, 0.3) is 0 Å². The zero-order valence-electron chi connectivity index (χ0n) is 12.8. The standard InChI is InChI=1S/C18H12Cl2FN3O/c19-11-1-7-15(20)17(9-11)24-18(25)16-8-6-14(10-22-16)23-13-4-2-12(21)3-5-13/h1-10,23H,(H,24,25). The second kappa shape index (κ2) is 7.51. The van der Waals surface area contributed by atoms with E-state index in [2.05, 4.69) is 15.6 Å². The average Bonchev–Trinajstić information content (AvgIpc) is 2.61. The van der Waals surface area contributed by atoms with Crippen LogP contribution in [0.1, 0.15) is 10.5 Å². The van der Waals surface area contributed by atoms with Crippen LogP contribution in [-0.4, -0.2) is 10.9 Å². The highest BCUT2D eigenvalue weighted by Crippen LogP contribution is 2.26. The minimum absolute atomic E-state index is 0.223. The molecule has 0 saturated heterocycles. The predicted molar refractivity (Wildman–Crippen MR) is 98.3 cm³/mol. The Labute approximate surface area is 153 Å². The number of aromatic nitrogens is 1. The lowest BCUT2D eigenvalue weighted by Crippen LogP contribution is -2.14. The second-order valence-corrected chi connectivity index (χ2v) is 5.99. The molecule has 0 spiro atoms. The van der Waals surface area contributed by atoms with E-state index in [0.29, 0.717) is 27.1 Å². The first-order valence-corrected chi connectivity index (χ1v) is 8.02. The Bertz CT molecular complexity index is 899. The summed E-state index contributed by atoms with van der Waals surface area (Å²) in [5.41, 5.74) is 2.02. The maximum atomic E-state index is 12.9. The Hall–Kier alpha value is -2.63. The van der Waals surface area contributed by atoms with Crippen molar-refractivity contribution < 1.29 is 9.18 Å². The summed E-state index contributed by atoms with van der Waals surface area (Å²) in [5, 5.41) is 6.57. The molecule has 0 aliphatic rings. The van der Waals surface area contributed by atoms with E-state index in [4.69, 9.17) is 23.2 Å². The molecule has 0 saturated carbocycles. The van der Waals surface area contributed by atoms with Crippen LogP contribution in [0.4, 0.5) is 21.5 Å². The van der Waals surface area contributed by atoms with Gasteiger partial charge in [-0.15, -0.1) is 0 Å². The molecular weight excluding hydrogens is 364 g/mol. The SMILES string of the molecule is O=C(Nc1cc(Cl)ccc1Cl)c1ccc(Nc2ccc(F)cc2)cn1. The summed E-state index contributed by atoms with van der Waals surface area (Å²) in [6.07, 6.45) is 1.51. The van der Waals surface area contributed by atoms with Crippen molar-refractivity contribution >= 4 is 46.2 Å². The number of carbonyl (C=O) groups excluding carboxylic acids is 1. The highest BCUT2D eigenvalue weighted by Gasteiger charge is 2.10. The number of anilines is 3. The summed E-state index contributed by atoms with van der Waals surface area (Å²) in [6.45, 7) is 0. The lowest BCUT2D eigenvalue weighted by Gasteiger charge is -2.09. The largest absolute Gasteiger partial charge is 0.354 e. The van der Waals surface area contributed by atoms with Crippen LogP contribution < -0.4 is 10.6 Å². The number of halogens is 3. The van der Waals surface area contributed by atoms with Gasteiger partial charge in [-0.2, -0.15) is 0 Å². The minimum Gasteiger partial charge on any atom is -0.354 e. The Morgan fingerprint density at radius 1 is 0.960 bits per heavy atom. The number of amides is 1. The van der Waals surface area contributed by atoms with Crippen molar-refractivity contribution in [2.24, 2.45) is 0 Å². The van der Waals surface area contributed by atoms with Crippen molar-refractivity contribution in [2.45, 2.75) is 0 Å². The molecule has 7 heteroatoms. The Morgan fingerprint density at radius 3 is 2.36 bits per heavy atom. The zero-order chi connectivity index (χ0) is 17.8. The van der Waals surface area contributed by atoms with Crippen LogP contribution in [0.15, 0.2) is 60.8 Å². The molecule has 3 rings (SSSR count). The van der Waals surface area contributed by atoms with Gasteiger partial charge >= 0.3 is 0 Å². The highest BCUT2D eigenvalue weighted by molar-refractivity contribution is 6.35. The quantitative estimate of drug-likeness (QED) is 0.630. The van der Waals surface area contributed by atoms with E-state index < -0.39 is 5.91 Å². The number of nitrogens with zero attached hydrogens (tertiary/aromatic N) is 1. The van der Waals surface area contributed by atoms with E-state index in [1.54, 1.807) is 42.5 Å². The van der Waals surface area contributed by atoms with Crippen molar-refractivity contribution in [2.75, 3.05) is 10.6 Å². The average molecular weight is 376 g/mol. The molecule has 4 nitrogen and oxygen atoms in total.